The molecule has 3 atom stereocenters. The van der Waals surface area contributed by atoms with Crippen LogP contribution in [0, 0.1) is 5.92 Å². The SMILES string of the molecule is C[C@@H](N)[C@@H]1CCC[C@@H]1O. The second kappa shape index (κ2) is 2.67. The van der Waals surface area contributed by atoms with Crippen molar-refractivity contribution < 1.29 is 5.11 Å². The van der Waals surface area contributed by atoms with Gasteiger partial charge in [-0.25, -0.2) is 0 Å². The molecule has 0 bridgehead atoms. The van der Waals surface area contributed by atoms with Gasteiger partial charge in [0.25, 0.3) is 0 Å². The molecule has 1 aliphatic rings. The summed E-state index contributed by atoms with van der Waals surface area (Å²) < 4.78 is 0. The lowest BCUT2D eigenvalue weighted by Gasteiger charge is -2.17. The zero-order valence-electron chi connectivity index (χ0n) is 5.88. The van der Waals surface area contributed by atoms with Crippen LogP contribution >= 0.6 is 0 Å². The summed E-state index contributed by atoms with van der Waals surface area (Å²) in [6.45, 7) is 1.97. The Balaban J connectivity index is 2.40. The number of hydrogen-bond acceptors (Lipinski definition) is 2. The summed E-state index contributed by atoms with van der Waals surface area (Å²) in [5.74, 6) is 0.366. The standard InChI is InChI=1S/C7H15NO/c1-5(8)6-3-2-4-7(6)9/h5-7,9H,2-4,8H2,1H3/t5-,6+,7+/m1/s1. The molecule has 1 saturated carbocycles. The third-order valence-electron chi connectivity index (χ3n) is 2.21. The fourth-order valence-corrected chi connectivity index (χ4v) is 1.58. The van der Waals surface area contributed by atoms with E-state index in [0.29, 0.717) is 5.92 Å². The zero-order valence-corrected chi connectivity index (χ0v) is 5.88. The van der Waals surface area contributed by atoms with Crippen LogP contribution in [-0.4, -0.2) is 17.3 Å². The smallest absolute Gasteiger partial charge is 0.0583 e. The molecule has 1 fully saturated rings. The van der Waals surface area contributed by atoms with Crippen LogP contribution in [0.5, 0.6) is 0 Å². The van der Waals surface area contributed by atoms with Gasteiger partial charge in [-0.3, -0.25) is 0 Å². The van der Waals surface area contributed by atoms with Gasteiger partial charge in [0.05, 0.1) is 6.10 Å². The summed E-state index contributed by atoms with van der Waals surface area (Å²) in [6, 6.07) is 0.169. The van der Waals surface area contributed by atoms with E-state index in [1.54, 1.807) is 0 Å². The minimum Gasteiger partial charge on any atom is -0.393 e. The van der Waals surface area contributed by atoms with Gasteiger partial charge in [0.15, 0.2) is 0 Å². The lowest BCUT2D eigenvalue weighted by molar-refractivity contribution is 0.121. The van der Waals surface area contributed by atoms with Crippen molar-refractivity contribution in [1.82, 2.24) is 0 Å². The number of aliphatic hydroxyl groups is 1. The number of aliphatic hydroxyl groups excluding tert-OH is 1. The summed E-state index contributed by atoms with van der Waals surface area (Å²) in [7, 11) is 0. The molecule has 2 heteroatoms. The molecule has 0 heterocycles. The maximum absolute atomic E-state index is 9.28. The maximum atomic E-state index is 9.28. The van der Waals surface area contributed by atoms with Gasteiger partial charge in [-0.05, 0) is 25.7 Å². The Morgan fingerprint density at radius 1 is 1.56 bits per heavy atom. The average molecular weight is 129 g/mol. The normalized spacial score (nSPS) is 39.0. The van der Waals surface area contributed by atoms with E-state index in [9.17, 15) is 5.11 Å². The Bertz CT molecular complexity index is 92.9. The Kier molecular flexibility index (Phi) is 2.09. The first kappa shape index (κ1) is 7.03. The van der Waals surface area contributed by atoms with Crippen molar-refractivity contribution in [2.75, 3.05) is 0 Å². The summed E-state index contributed by atoms with van der Waals surface area (Å²) in [6.07, 6.45) is 3.09. The zero-order chi connectivity index (χ0) is 6.85. The maximum Gasteiger partial charge on any atom is 0.0583 e. The molecule has 1 rings (SSSR count). The summed E-state index contributed by atoms with van der Waals surface area (Å²) in [5, 5.41) is 9.28. The van der Waals surface area contributed by atoms with Crippen LogP contribution < -0.4 is 5.73 Å². The summed E-state index contributed by atoms with van der Waals surface area (Å²) in [4.78, 5) is 0. The number of nitrogens with two attached hydrogens (primary N) is 1. The first-order chi connectivity index (χ1) is 4.22. The van der Waals surface area contributed by atoms with Crippen molar-refractivity contribution in [2.45, 2.75) is 38.3 Å². The predicted octanol–water partition coefficient (Wildman–Crippen LogP) is 0.495. The number of hydrogen-bond donors (Lipinski definition) is 2. The van der Waals surface area contributed by atoms with Crippen molar-refractivity contribution in [2.24, 2.45) is 11.7 Å². The molecule has 0 aromatic rings. The summed E-state index contributed by atoms with van der Waals surface area (Å²) >= 11 is 0. The quantitative estimate of drug-likeness (QED) is 0.541. The molecule has 0 aliphatic heterocycles. The average Bonchev–Trinajstić information content (AvgIpc) is 2.13. The van der Waals surface area contributed by atoms with E-state index in [4.69, 9.17) is 5.73 Å². The van der Waals surface area contributed by atoms with Gasteiger partial charge in [0.2, 0.25) is 0 Å². The van der Waals surface area contributed by atoms with Gasteiger partial charge >= 0.3 is 0 Å². The largest absolute Gasteiger partial charge is 0.393 e. The van der Waals surface area contributed by atoms with E-state index < -0.39 is 0 Å². The molecule has 0 amide bonds. The highest BCUT2D eigenvalue weighted by Gasteiger charge is 2.27. The molecule has 3 N–H and O–H groups in total. The fraction of sp³-hybridized carbons (Fsp3) is 1.00. The lowest BCUT2D eigenvalue weighted by atomic mass is 9.99. The van der Waals surface area contributed by atoms with Crippen molar-refractivity contribution in [3.05, 3.63) is 0 Å². The van der Waals surface area contributed by atoms with Crippen LogP contribution in [0.1, 0.15) is 26.2 Å². The molecule has 2 nitrogen and oxygen atoms in total. The molecule has 54 valence electrons. The van der Waals surface area contributed by atoms with Crippen LogP contribution in [-0.2, 0) is 0 Å². The molecule has 0 aromatic heterocycles. The van der Waals surface area contributed by atoms with Crippen molar-refractivity contribution in [3.8, 4) is 0 Å². The third kappa shape index (κ3) is 1.43. The first-order valence-electron chi connectivity index (χ1n) is 3.65. The van der Waals surface area contributed by atoms with Crippen LogP contribution in [0.3, 0.4) is 0 Å². The van der Waals surface area contributed by atoms with E-state index in [0.717, 1.165) is 19.3 Å². The van der Waals surface area contributed by atoms with Crippen LogP contribution in [0.15, 0.2) is 0 Å². The summed E-state index contributed by atoms with van der Waals surface area (Å²) in [5.41, 5.74) is 5.63. The Morgan fingerprint density at radius 3 is 2.44 bits per heavy atom. The third-order valence-corrected chi connectivity index (χ3v) is 2.21. The van der Waals surface area contributed by atoms with Crippen LogP contribution in [0.2, 0.25) is 0 Å². The van der Waals surface area contributed by atoms with Gasteiger partial charge in [0.1, 0.15) is 0 Å². The molecule has 0 aromatic carbocycles. The van der Waals surface area contributed by atoms with Gasteiger partial charge in [-0.1, -0.05) is 6.42 Å². The Hall–Kier alpha value is -0.0800. The predicted molar refractivity (Wildman–Crippen MR) is 37.0 cm³/mol. The van der Waals surface area contributed by atoms with Gasteiger partial charge in [-0.2, -0.15) is 0 Å². The first-order valence-corrected chi connectivity index (χ1v) is 3.65. The monoisotopic (exact) mass is 129 g/mol. The van der Waals surface area contributed by atoms with Crippen molar-refractivity contribution in [3.63, 3.8) is 0 Å². The van der Waals surface area contributed by atoms with E-state index >= 15 is 0 Å². The minimum atomic E-state index is -0.120. The highest BCUT2D eigenvalue weighted by atomic mass is 16.3. The van der Waals surface area contributed by atoms with E-state index in [-0.39, 0.29) is 12.1 Å². The second-order valence-electron chi connectivity index (χ2n) is 3.02. The highest BCUT2D eigenvalue weighted by molar-refractivity contribution is 4.81. The number of rotatable bonds is 1. The molecule has 9 heavy (non-hydrogen) atoms. The molecule has 1 aliphatic carbocycles. The molecular formula is C7H15NO. The van der Waals surface area contributed by atoms with Crippen molar-refractivity contribution >= 4 is 0 Å². The fourth-order valence-electron chi connectivity index (χ4n) is 1.58. The van der Waals surface area contributed by atoms with E-state index in [2.05, 4.69) is 0 Å². The Morgan fingerprint density at radius 2 is 2.22 bits per heavy atom. The lowest BCUT2D eigenvalue weighted by Crippen LogP contribution is -2.31. The topological polar surface area (TPSA) is 46.2 Å². The Labute approximate surface area is 56.1 Å². The molecule has 0 unspecified atom stereocenters. The van der Waals surface area contributed by atoms with Gasteiger partial charge in [0, 0.05) is 6.04 Å². The van der Waals surface area contributed by atoms with E-state index in [1.165, 1.54) is 0 Å². The highest BCUT2D eigenvalue weighted by Crippen LogP contribution is 2.26. The van der Waals surface area contributed by atoms with Gasteiger partial charge in [-0.15, -0.1) is 0 Å². The van der Waals surface area contributed by atoms with Crippen LogP contribution in [0.25, 0.3) is 0 Å². The van der Waals surface area contributed by atoms with Crippen LogP contribution in [0.4, 0.5) is 0 Å². The molecule has 0 saturated heterocycles. The molecule has 0 spiro atoms. The van der Waals surface area contributed by atoms with Gasteiger partial charge < -0.3 is 10.8 Å². The second-order valence-corrected chi connectivity index (χ2v) is 3.02. The van der Waals surface area contributed by atoms with E-state index in [1.807, 2.05) is 6.92 Å². The van der Waals surface area contributed by atoms with Crippen molar-refractivity contribution in [1.29, 1.82) is 0 Å². The molecular weight excluding hydrogens is 114 g/mol. The molecule has 0 radical (unpaired) electrons. The minimum absolute atomic E-state index is 0.120.